The number of hydrogen-bond donors (Lipinski definition) is 2. The highest BCUT2D eigenvalue weighted by molar-refractivity contribution is 6.39. The van der Waals surface area contributed by atoms with Gasteiger partial charge in [0.15, 0.2) is 0 Å². The van der Waals surface area contributed by atoms with Crippen LogP contribution in [-0.4, -0.2) is 49.8 Å². The van der Waals surface area contributed by atoms with Gasteiger partial charge in [-0.05, 0) is 55.3 Å². The third kappa shape index (κ3) is 6.42. The number of pyridine rings is 1. The molecule has 0 unspecified atom stereocenters. The molecule has 2 aromatic carbocycles. The molecule has 2 aromatic heterocycles. The number of halogens is 2. The van der Waals surface area contributed by atoms with Gasteiger partial charge in [-0.25, -0.2) is 4.68 Å². The largest absolute Gasteiger partial charge is 0.348 e. The number of amides is 2. The zero-order valence-electron chi connectivity index (χ0n) is 23.7. The lowest BCUT2D eigenvalue weighted by atomic mass is 9.91. The fourth-order valence-electron chi connectivity index (χ4n) is 4.98. The van der Waals surface area contributed by atoms with E-state index in [9.17, 15) is 14.4 Å². The Bertz CT molecular complexity index is 1660. The van der Waals surface area contributed by atoms with E-state index in [2.05, 4.69) is 20.6 Å². The van der Waals surface area contributed by atoms with E-state index in [1.165, 1.54) is 0 Å². The van der Waals surface area contributed by atoms with Gasteiger partial charge in [-0.3, -0.25) is 14.4 Å². The van der Waals surface area contributed by atoms with Gasteiger partial charge in [0.2, 0.25) is 0 Å². The minimum atomic E-state index is -0.358. The van der Waals surface area contributed by atoms with Crippen LogP contribution in [0, 0.1) is 0 Å². The first kappa shape index (κ1) is 29.5. The number of nitrogens with zero attached hydrogens (tertiary/aromatic N) is 4. The SMILES string of the molecule is CC(C)(C)c1ccc(CNC(=O)c2cccc(C(=O)N3CCC(n4cc(-c5c(Cl)cccc5Cl)nn4)CC3)c2)c(=O)[nH]1. The Hall–Kier alpha value is -3.95. The summed E-state index contributed by atoms with van der Waals surface area (Å²) in [7, 11) is 0. The summed E-state index contributed by atoms with van der Waals surface area (Å²) in [5.74, 6) is -0.497. The molecule has 42 heavy (non-hydrogen) atoms. The minimum Gasteiger partial charge on any atom is -0.348 e. The van der Waals surface area contributed by atoms with Crippen LogP contribution in [0.3, 0.4) is 0 Å². The first-order valence-corrected chi connectivity index (χ1v) is 14.5. The molecule has 0 radical (unpaired) electrons. The summed E-state index contributed by atoms with van der Waals surface area (Å²) in [5, 5.41) is 12.4. The first-order valence-electron chi connectivity index (χ1n) is 13.8. The van der Waals surface area contributed by atoms with Crippen molar-refractivity contribution < 1.29 is 9.59 Å². The molecule has 11 heteroatoms. The number of nitrogens with one attached hydrogen (secondary N) is 2. The zero-order valence-corrected chi connectivity index (χ0v) is 25.2. The number of rotatable bonds is 6. The third-order valence-corrected chi connectivity index (χ3v) is 8.10. The van der Waals surface area contributed by atoms with E-state index in [4.69, 9.17) is 23.2 Å². The molecular weight excluding hydrogens is 575 g/mol. The fraction of sp³-hybridized carbons (Fsp3) is 0.323. The molecule has 9 nitrogen and oxygen atoms in total. The number of piperidine rings is 1. The molecular formula is C31H32Cl2N6O3. The Labute approximate surface area is 253 Å². The summed E-state index contributed by atoms with van der Waals surface area (Å²) >= 11 is 12.7. The van der Waals surface area contributed by atoms with Crippen molar-refractivity contribution in [2.45, 2.75) is 51.6 Å². The van der Waals surface area contributed by atoms with Gasteiger partial charge in [0, 0.05) is 53.0 Å². The summed E-state index contributed by atoms with van der Waals surface area (Å²) in [5.41, 5.74) is 2.91. The minimum absolute atomic E-state index is 0.0780. The maximum Gasteiger partial charge on any atom is 0.253 e. The molecule has 0 spiro atoms. The van der Waals surface area contributed by atoms with Crippen molar-refractivity contribution in [3.63, 3.8) is 0 Å². The Morgan fingerprint density at radius 1 is 1.00 bits per heavy atom. The molecule has 1 saturated heterocycles. The van der Waals surface area contributed by atoms with Crippen LogP contribution >= 0.6 is 23.2 Å². The van der Waals surface area contributed by atoms with E-state index in [-0.39, 0.29) is 35.4 Å². The molecule has 0 atom stereocenters. The maximum atomic E-state index is 13.3. The number of carbonyl (C=O) groups excluding carboxylic acids is 2. The molecule has 1 fully saturated rings. The standard InChI is InChI=1S/C31H32Cl2N6O3/c1-31(2,3)26-11-10-21(29(41)35-26)17-34-28(40)19-6-4-7-20(16-19)30(42)38-14-12-22(13-15-38)39-18-25(36-37-39)27-23(32)8-5-9-24(27)33/h4-11,16,18,22H,12-15,17H2,1-3H3,(H,34,40)(H,35,41). The molecule has 4 aromatic rings. The fourth-order valence-corrected chi connectivity index (χ4v) is 5.57. The smallest absolute Gasteiger partial charge is 0.253 e. The van der Waals surface area contributed by atoms with Gasteiger partial charge in [-0.15, -0.1) is 5.10 Å². The molecule has 1 aliphatic rings. The van der Waals surface area contributed by atoms with Crippen molar-refractivity contribution in [1.82, 2.24) is 30.2 Å². The molecule has 3 heterocycles. The third-order valence-electron chi connectivity index (χ3n) is 7.47. The summed E-state index contributed by atoms with van der Waals surface area (Å²) < 4.78 is 1.81. The predicted molar refractivity (Wildman–Crippen MR) is 163 cm³/mol. The van der Waals surface area contributed by atoms with Gasteiger partial charge in [0.05, 0.1) is 22.3 Å². The number of H-pyrrole nitrogens is 1. The molecule has 1 aliphatic heterocycles. The highest BCUT2D eigenvalue weighted by atomic mass is 35.5. The van der Waals surface area contributed by atoms with E-state index in [1.54, 1.807) is 53.4 Å². The quantitative estimate of drug-likeness (QED) is 0.295. The number of benzene rings is 2. The van der Waals surface area contributed by atoms with Gasteiger partial charge < -0.3 is 15.2 Å². The molecule has 5 rings (SSSR count). The Morgan fingerprint density at radius 2 is 1.67 bits per heavy atom. The Kier molecular flexibility index (Phi) is 8.52. The van der Waals surface area contributed by atoms with Crippen molar-refractivity contribution in [1.29, 1.82) is 0 Å². The van der Waals surface area contributed by atoms with Crippen LogP contribution in [-0.2, 0) is 12.0 Å². The molecule has 0 saturated carbocycles. The number of likely N-dealkylation sites (tertiary alicyclic amines) is 1. The van der Waals surface area contributed by atoms with Crippen LogP contribution in [0.2, 0.25) is 10.0 Å². The highest BCUT2D eigenvalue weighted by Gasteiger charge is 2.26. The van der Waals surface area contributed by atoms with Crippen molar-refractivity contribution in [3.8, 4) is 11.3 Å². The molecule has 218 valence electrons. The van der Waals surface area contributed by atoms with Crippen molar-refractivity contribution in [3.05, 3.63) is 104 Å². The average Bonchev–Trinajstić information content (AvgIpc) is 3.45. The normalized spacial score (nSPS) is 14.2. The molecule has 0 aliphatic carbocycles. The second-order valence-electron chi connectivity index (χ2n) is 11.4. The summed E-state index contributed by atoms with van der Waals surface area (Å²) in [6.07, 6.45) is 3.24. The van der Waals surface area contributed by atoms with Gasteiger partial charge in [-0.1, -0.05) is 61.3 Å². The van der Waals surface area contributed by atoms with E-state index >= 15 is 0 Å². The van der Waals surface area contributed by atoms with E-state index < -0.39 is 0 Å². The van der Waals surface area contributed by atoms with Crippen LogP contribution in [0.5, 0.6) is 0 Å². The molecule has 0 bridgehead atoms. The first-order chi connectivity index (χ1) is 20.0. The number of aromatic nitrogens is 4. The zero-order chi connectivity index (χ0) is 30.0. The van der Waals surface area contributed by atoms with E-state index in [1.807, 2.05) is 37.7 Å². The lowest BCUT2D eigenvalue weighted by molar-refractivity contribution is 0.0689. The maximum absolute atomic E-state index is 13.3. The van der Waals surface area contributed by atoms with Gasteiger partial charge in [0.25, 0.3) is 17.4 Å². The Balaban J connectivity index is 1.19. The summed E-state index contributed by atoms with van der Waals surface area (Å²) in [6, 6.07) is 15.6. The second kappa shape index (κ2) is 12.1. The van der Waals surface area contributed by atoms with Crippen LogP contribution in [0.15, 0.2) is 65.6 Å². The lowest BCUT2D eigenvalue weighted by Crippen LogP contribution is -2.39. The van der Waals surface area contributed by atoms with E-state index in [0.717, 1.165) is 5.69 Å². The molecule has 2 N–H and O–H groups in total. The highest BCUT2D eigenvalue weighted by Crippen LogP contribution is 2.34. The number of aromatic amines is 1. The van der Waals surface area contributed by atoms with Gasteiger partial charge in [-0.2, -0.15) is 0 Å². The van der Waals surface area contributed by atoms with E-state index in [0.29, 0.717) is 63.9 Å². The van der Waals surface area contributed by atoms with Crippen molar-refractivity contribution >= 4 is 35.0 Å². The lowest BCUT2D eigenvalue weighted by Gasteiger charge is -2.32. The van der Waals surface area contributed by atoms with Crippen LogP contribution in [0.4, 0.5) is 0 Å². The van der Waals surface area contributed by atoms with Crippen molar-refractivity contribution in [2.75, 3.05) is 13.1 Å². The Morgan fingerprint density at radius 3 is 2.33 bits per heavy atom. The van der Waals surface area contributed by atoms with Gasteiger partial charge >= 0.3 is 0 Å². The monoisotopic (exact) mass is 606 g/mol. The second-order valence-corrected chi connectivity index (χ2v) is 12.3. The predicted octanol–water partition coefficient (Wildman–Crippen LogP) is 5.65. The van der Waals surface area contributed by atoms with Crippen molar-refractivity contribution in [2.24, 2.45) is 0 Å². The topological polar surface area (TPSA) is 113 Å². The van der Waals surface area contributed by atoms with Crippen LogP contribution in [0.25, 0.3) is 11.3 Å². The van der Waals surface area contributed by atoms with Gasteiger partial charge in [0.1, 0.15) is 5.69 Å². The summed E-state index contributed by atoms with van der Waals surface area (Å²) in [4.78, 5) is 43.3. The summed E-state index contributed by atoms with van der Waals surface area (Å²) in [6.45, 7) is 7.20. The van der Waals surface area contributed by atoms with Crippen LogP contribution in [0.1, 0.15) is 71.6 Å². The number of hydrogen-bond acceptors (Lipinski definition) is 5. The van der Waals surface area contributed by atoms with Crippen LogP contribution < -0.4 is 10.9 Å². The molecule has 2 amide bonds. The average molecular weight is 608 g/mol. The number of carbonyl (C=O) groups is 2.